The fraction of sp³-hybridized carbons (Fsp3) is 0.333. The first-order chi connectivity index (χ1) is 33.1. The Kier molecular flexibility index (Phi) is 16.3. The van der Waals surface area contributed by atoms with E-state index in [1.165, 1.54) is 36.7 Å². The number of benzene rings is 4. The normalized spacial score (nSPS) is 17.1. The molecular weight excluding hydrogens is 945 g/mol. The lowest BCUT2D eigenvalue weighted by Gasteiger charge is -2.36. The van der Waals surface area contributed by atoms with Crippen LogP contribution in [-0.2, 0) is 19.2 Å². The first-order valence-corrected chi connectivity index (χ1v) is 27.3. The number of carbonyl (C=O) groups excluding carboxylic acids is 8. The van der Waals surface area contributed by atoms with Crippen LogP contribution in [0.3, 0.4) is 0 Å². The second kappa shape index (κ2) is 22.9. The van der Waals surface area contributed by atoms with Crippen LogP contribution in [0.2, 0.25) is 0 Å². The molecule has 20 heteroatoms. The van der Waals surface area contributed by atoms with Gasteiger partial charge < -0.3 is 10.6 Å². The van der Waals surface area contributed by atoms with Gasteiger partial charge in [-0.05, 0) is 73.9 Å². The average molecular weight is 993 g/mol. The molecule has 4 aromatic rings. The largest absolute Gasteiger partial charge is 0.356 e. The standard InChI is InChI=1S/C48H48N8O8S4/c57-41(31-25-65-66-26-31)49-21-9-7-15-37(43(59)53-51-23-29-11-3-1-4-12-29)55-45(61)33-17-19-35-40-36(20-18-34(39(33)40)46(55)62)48(64)56(47(35)63)38(44(60)54-52-24-30-13-5-2-6-14-30)16-8-10-22-50-42(58)32-27-67-68-28-32/h1-6,11-14,17-20,23-24,31-32,37-38H,7-10,15-16,21-22,25-28H2,(H,49,57)(H,50,58)(H,53,59)(H,54,60)/b51-23+,52-24+/t37-,38-/m0/s1. The van der Waals surface area contributed by atoms with Crippen molar-refractivity contribution in [3.8, 4) is 0 Å². The molecule has 8 rings (SSSR count). The van der Waals surface area contributed by atoms with E-state index in [1.54, 1.807) is 67.4 Å². The van der Waals surface area contributed by atoms with Gasteiger partial charge in [-0.3, -0.25) is 48.2 Å². The molecule has 4 heterocycles. The second-order valence-electron chi connectivity index (χ2n) is 16.5. The Morgan fingerprint density at radius 3 is 1.19 bits per heavy atom. The molecule has 0 spiro atoms. The number of hydrogen-bond donors (Lipinski definition) is 4. The monoisotopic (exact) mass is 992 g/mol. The van der Waals surface area contributed by atoms with Crippen LogP contribution in [0.15, 0.2) is 95.1 Å². The second-order valence-corrected chi connectivity index (χ2v) is 21.6. The van der Waals surface area contributed by atoms with Gasteiger partial charge in [0.05, 0.1) is 24.3 Å². The molecule has 0 bridgehead atoms. The fourth-order valence-corrected chi connectivity index (χ4v) is 13.9. The minimum absolute atomic E-state index is 0.0146. The third-order valence-corrected chi connectivity index (χ3v) is 17.1. The van der Waals surface area contributed by atoms with Crippen molar-refractivity contribution < 1.29 is 38.4 Å². The van der Waals surface area contributed by atoms with E-state index in [-0.39, 0.29) is 69.5 Å². The van der Waals surface area contributed by atoms with E-state index in [1.807, 2.05) is 36.4 Å². The van der Waals surface area contributed by atoms with E-state index < -0.39 is 47.5 Å². The van der Waals surface area contributed by atoms with Crippen LogP contribution in [0.4, 0.5) is 0 Å². The van der Waals surface area contributed by atoms with Crippen LogP contribution in [-0.4, -0.2) is 118 Å². The van der Waals surface area contributed by atoms with Gasteiger partial charge in [0.1, 0.15) is 12.1 Å². The van der Waals surface area contributed by atoms with Crippen molar-refractivity contribution in [3.63, 3.8) is 0 Å². The Morgan fingerprint density at radius 1 is 0.515 bits per heavy atom. The third kappa shape index (κ3) is 11.0. The van der Waals surface area contributed by atoms with Crippen molar-refractivity contribution >= 4 is 114 Å². The van der Waals surface area contributed by atoms with E-state index in [0.717, 1.165) is 32.8 Å². The Balaban J connectivity index is 1.03. The van der Waals surface area contributed by atoms with Gasteiger partial charge in [-0.15, -0.1) is 0 Å². The van der Waals surface area contributed by atoms with Gasteiger partial charge >= 0.3 is 0 Å². The summed E-state index contributed by atoms with van der Waals surface area (Å²) in [6, 6.07) is 21.1. The molecule has 8 amide bonds. The number of imide groups is 2. The summed E-state index contributed by atoms with van der Waals surface area (Å²) in [7, 11) is 6.63. The Hall–Kier alpha value is -5.96. The molecule has 0 radical (unpaired) electrons. The number of nitrogens with one attached hydrogen (secondary N) is 4. The van der Waals surface area contributed by atoms with Crippen molar-refractivity contribution in [2.45, 2.75) is 50.6 Å². The van der Waals surface area contributed by atoms with Crippen molar-refractivity contribution in [1.82, 2.24) is 31.3 Å². The zero-order valence-corrected chi connectivity index (χ0v) is 40.0. The summed E-state index contributed by atoms with van der Waals surface area (Å²) < 4.78 is 0. The lowest BCUT2D eigenvalue weighted by atomic mass is 9.84. The van der Waals surface area contributed by atoms with E-state index in [0.29, 0.717) is 49.9 Å². The first kappa shape index (κ1) is 48.5. The zero-order valence-electron chi connectivity index (χ0n) is 36.7. The highest BCUT2D eigenvalue weighted by Crippen LogP contribution is 2.40. The zero-order chi connectivity index (χ0) is 47.6. The quantitative estimate of drug-likeness (QED) is 0.0277. The van der Waals surface area contributed by atoms with E-state index in [2.05, 4.69) is 31.7 Å². The summed E-state index contributed by atoms with van der Waals surface area (Å²) in [5, 5.41) is 14.3. The van der Waals surface area contributed by atoms with E-state index in [4.69, 9.17) is 0 Å². The number of hydrazone groups is 2. The van der Waals surface area contributed by atoms with Gasteiger partial charge in [0.2, 0.25) is 11.8 Å². The maximum Gasteiger partial charge on any atom is 0.263 e. The molecule has 4 aliphatic rings. The lowest BCUT2D eigenvalue weighted by Crippen LogP contribution is -2.54. The van der Waals surface area contributed by atoms with Crippen LogP contribution in [0.5, 0.6) is 0 Å². The topological polar surface area (TPSA) is 216 Å². The predicted octanol–water partition coefficient (Wildman–Crippen LogP) is 5.67. The molecule has 2 fully saturated rings. The number of carbonyl (C=O) groups is 8. The molecule has 2 atom stereocenters. The SMILES string of the molecule is O=C(NCCCC[C@@H](C(=O)N/N=C/c1ccccc1)N1C(=O)c2ccc3c4c(ccc(c24)C1=O)C(=O)N([C@@H](CCCCNC(=O)C1CSSC1)C(=O)N/N=C/c1ccccc1)C3=O)C1CSSC1. The highest BCUT2D eigenvalue weighted by atomic mass is 33.1. The number of amides is 8. The third-order valence-electron chi connectivity index (χ3n) is 12.0. The van der Waals surface area contributed by atoms with Crippen molar-refractivity contribution in [2.24, 2.45) is 22.0 Å². The summed E-state index contributed by atoms with van der Waals surface area (Å²) in [5.41, 5.74) is 6.48. The Morgan fingerprint density at radius 2 is 0.853 bits per heavy atom. The smallest absolute Gasteiger partial charge is 0.263 e. The number of rotatable bonds is 20. The van der Waals surface area contributed by atoms with E-state index >= 15 is 0 Å². The summed E-state index contributed by atoms with van der Waals surface area (Å²) in [6.07, 6.45) is 4.68. The van der Waals surface area contributed by atoms with Gasteiger partial charge in [0.25, 0.3) is 35.4 Å². The number of unbranched alkanes of at least 4 members (excludes halogenated alkanes) is 2. The minimum atomic E-state index is -1.31. The van der Waals surface area contributed by atoms with Gasteiger partial charge in [0.15, 0.2) is 0 Å². The molecule has 0 aliphatic carbocycles. The Bertz CT molecular complexity index is 2410. The highest BCUT2D eigenvalue weighted by molar-refractivity contribution is 8.77. The molecule has 16 nitrogen and oxygen atoms in total. The van der Waals surface area contributed by atoms with Crippen LogP contribution >= 0.6 is 43.2 Å². The average Bonchev–Trinajstić information content (AvgIpc) is 4.11. The van der Waals surface area contributed by atoms with Crippen LogP contribution in [0.1, 0.15) is 91.1 Å². The molecular formula is C48H48N8O8S4. The van der Waals surface area contributed by atoms with Crippen molar-refractivity contribution in [2.75, 3.05) is 36.1 Å². The molecule has 4 aliphatic heterocycles. The fourth-order valence-electron chi connectivity index (χ4n) is 8.36. The van der Waals surface area contributed by atoms with Crippen LogP contribution in [0.25, 0.3) is 10.8 Å². The molecule has 4 aromatic carbocycles. The number of nitrogens with zero attached hydrogens (tertiary/aromatic N) is 4. The molecule has 352 valence electrons. The van der Waals surface area contributed by atoms with Gasteiger partial charge in [-0.25, -0.2) is 10.9 Å². The summed E-state index contributed by atoms with van der Waals surface area (Å²) >= 11 is 0. The lowest BCUT2D eigenvalue weighted by molar-refractivity contribution is -0.126. The van der Waals surface area contributed by atoms with Crippen LogP contribution < -0.4 is 21.5 Å². The van der Waals surface area contributed by atoms with Gasteiger partial charge in [0, 0.05) is 69.1 Å². The van der Waals surface area contributed by atoms with Crippen molar-refractivity contribution in [1.29, 1.82) is 0 Å². The summed E-state index contributed by atoms with van der Waals surface area (Å²) in [5.74, 6) is -1.85. The predicted molar refractivity (Wildman–Crippen MR) is 267 cm³/mol. The van der Waals surface area contributed by atoms with Crippen LogP contribution in [0, 0.1) is 11.8 Å². The first-order valence-electron chi connectivity index (χ1n) is 22.3. The molecule has 4 N–H and O–H groups in total. The highest BCUT2D eigenvalue weighted by Gasteiger charge is 2.45. The summed E-state index contributed by atoms with van der Waals surface area (Å²) in [4.78, 5) is 113. The summed E-state index contributed by atoms with van der Waals surface area (Å²) in [6.45, 7) is 0.696. The molecule has 68 heavy (non-hydrogen) atoms. The van der Waals surface area contributed by atoms with Gasteiger partial charge in [-0.1, -0.05) is 104 Å². The van der Waals surface area contributed by atoms with E-state index in [9.17, 15) is 38.4 Å². The molecule has 0 unspecified atom stereocenters. The molecule has 0 aromatic heterocycles. The number of hydrogen-bond acceptors (Lipinski definition) is 14. The van der Waals surface area contributed by atoms with Crippen molar-refractivity contribution in [3.05, 3.63) is 118 Å². The maximum absolute atomic E-state index is 14.6. The maximum atomic E-state index is 14.6. The minimum Gasteiger partial charge on any atom is -0.356 e. The Labute approximate surface area is 408 Å². The molecule has 2 saturated heterocycles. The molecule has 0 saturated carbocycles. The van der Waals surface area contributed by atoms with Gasteiger partial charge in [-0.2, -0.15) is 10.2 Å².